The second-order valence-corrected chi connectivity index (χ2v) is 10.9. The normalized spacial score (nSPS) is 24.9. The van der Waals surface area contributed by atoms with Crippen molar-refractivity contribution in [2.75, 3.05) is 26.1 Å². The maximum absolute atomic E-state index is 14.8. The number of benzene rings is 3. The van der Waals surface area contributed by atoms with Crippen molar-refractivity contribution in [2.45, 2.75) is 63.7 Å². The van der Waals surface area contributed by atoms with E-state index in [0.717, 1.165) is 20.8 Å². The first-order valence-electron chi connectivity index (χ1n) is 24.5. The summed E-state index contributed by atoms with van der Waals surface area (Å²) >= 11 is 0.395. The minimum Gasteiger partial charge on any atom is -0.336 e. The molecule has 1 amide bonds. The van der Waals surface area contributed by atoms with Gasteiger partial charge in [0.1, 0.15) is 12.4 Å². The van der Waals surface area contributed by atoms with Crippen LogP contribution in [0.5, 0.6) is 0 Å². The zero-order chi connectivity index (χ0) is 53.0. The zero-order valence-corrected chi connectivity index (χ0v) is 26.4. The van der Waals surface area contributed by atoms with E-state index >= 15 is 0 Å². The second kappa shape index (κ2) is 15.5. The minimum absolute atomic E-state index is 0.395. The molecule has 5 rings (SSSR count). The fourth-order valence-electron chi connectivity index (χ4n) is 4.36. The van der Waals surface area contributed by atoms with E-state index in [9.17, 15) is 27.2 Å². The van der Waals surface area contributed by atoms with Crippen LogP contribution in [-0.4, -0.2) is 51.3 Å². The number of carbonyl (C=O) groups is 1. The summed E-state index contributed by atoms with van der Waals surface area (Å²) in [5, 5.41) is -0.646. The van der Waals surface area contributed by atoms with E-state index in [1.165, 1.54) is 0 Å². The lowest BCUT2D eigenvalue weighted by molar-refractivity contribution is -0.137. The molecule has 0 bridgehead atoms. The van der Waals surface area contributed by atoms with E-state index in [2.05, 4.69) is 4.98 Å². The third-order valence-electron chi connectivity index (χ3n) is 6.72. The Balaban J connectivity index is 1.74. The molecule has 48 heavy (non-hydrogen) atoms. The Kier molecular flexibility index (Phi) is 5.53. The van der Waals surface area contributed by atoms with Crippen LogP contribution in [0.1, 0.15) is 77.5 Å². The van der Waals surface area contributed by atoms with Crippen molar-refractivity contribution in [2.24, 2.45) is 5.89 Å². The molecular weight excluding hydrogens is 640 g/mol. The highest BCUT2D eigenvalue weighted by Crippen LogP contribution is 2.32. The number of likely N-dealkylation sites (N-methyl/N-ethyl adjacent to an activating group) is 1. The van der Waals surface area contributed by atoms with Crippen molar-refractivity contribution in [1.82, 2.24) is 19.4 Å². The summed E-state index contributed by atoms with van der Waals surface area (Å²) in [5.74, 6) is -6.23. The Morgan fingerprint density at radius 3 is 2.21 bits per heavy atom. The molecule has 1 aromatic heterocycles. The SMILES string of the molecule is [2H]c1c([2H])c(CSc2nc(=O)c3c(n2CC(=O)N(CCN(C([2H])([2H])C)C([2H])([2H])C)Cc2c([2H])c([2H])c(-c4c([2H])c([2H])c(C(F)(F)F)c([2H])c4[2H])c([2H])c2[2H])C([2H])([2H])C([2H])(C)C3([2H])[2H])c([2H])c([2H])c1F. The highest BCUT2D eigenvalue weighted by atomic mass is 32.2. The first kappa shape index (κ1) is 17.1. The molecule has 11 heteroatoms. The maximum Gasteiger partial charge on any atom is 0.416 e. The first-order valence-corrected chi connectivity index (χ1v) is 15.0. The highest BCUT2D eigenvalue weighted by molar-refractivity contribution is 7.98. The summed E-state index contributed by atoms with van der Waals surface area (Å²) in [6.07, 6.45) is -11.7. The van der Waals surface area contributed by atoms with E-state index in [4.69, 9.17) is 28.8 Å². The van der Waals surface area contributed by atoms with E-state index in [-0.39, 0.29) is 0 Å². The van der Waals surface area contributed by atoms with Crippen LogP contribution < -0.4 is 5.56 Å². The molecule has 254 valence electrons. The van der Waals surface area contributed by atoms with Gasteiger partial charge in [-0.3, -0.25) is 9.59 Å². The Morgan fingerprint density at radius 2 is 1.60 bits per heavy atom. The van der Waals surface area contributed by atoms with Crippen molar-refractivity contribution >= 4 is 17.7 Å². The lowest BCUT2D eigenvalue weighted by atomic mass is 10.0. The number of carbonyl (C=O) groups excluding carboxylic acids is 1. The van der Waals surface area contributed by atoms with Crippen molar-refractivity contribution in [3.8, 4) is 11.1 Å². The van der Waals surface area contributed by atoms with Gasteiger partial charge in [-0.1, -0.05) is 80.9 Å². The predicted molar refractivity (Wildman–Crippen MR) is 181 cm³/mol. The molecule has 0 saturated heterocycles. The molecule has 0 N–H and O–H groups in total. The van der Waals surface area contributed by atoms with Crippen molar-refractivity contribution < 1.29 is 51.1 Å². The van der Waals surface area contributed by atoms with Crippen LogP contribution in [0.4, 0.5) is 17.6 Å². The number of rotatable bonds is 13. The third kappa shape index (κ3) is 8.73. The lowest BCUT2D eigenvalue weighted by Gasteiger charge is -2.28. The Labute approximate surface area is 312 Å². The Hall–Kier alpha value is -3.96. The van der Waals surface area contributed by atoms with Gasteiger partial charge in [-0.05, 0) is 78.1 Å². The molecule has 0 spiro atoms. The molecule has 1 heterocycles. The molecule has 4 aromatic rings. The molecule has 3 aromatic carbocycles. The van der Waals surface area contributed by atoms with Crippen LogP contribution in [0.15, 0.2) is 82.5 Å². The van der Waals surface area contributed by atoms with Crippen LogP contribution in [0.2, 0.25) is 0 Å². The molecule has 1 aliphatic rings. The van der Waals surface area contributed by atoms with Crippen molar-refractivity contribution in [1.29, 1.82) is 0 Å². The minimum atomic E-state index is -5.38. The maximum atomic E-state index is 14.8. The molecule has 1 aliphatic carbocycles. The molecule has 1 atom stereocenters. The third-order valence-corrected chi connectivity index (χ3v) is 7.73. The van der Waals surface area contributed by atoms with Gasteiger partial charge in [0, 0.05) is 49.0 Å². The topological polar surface area (TPSA) is 58.4 Å². The van der Waals surface area contributed by atoms with Gasteiger partial charge in [-0.25, -0.2) is 4.39 Å². The number of hydrogen-bond donors (Lipinski definition) is 0. The van der Waals surface area contributed by atoms with E-state index in [0.29, 0.717) is 26.1 Å². The van der Waals surface area contributed by atoms with Gasteiger partial charge in [-0.2, -0.15) is 18.2 Å². The molecule has 1 unspecified atom stereocenters. The fraction of sp³-hybridized carbons (Fsp3) is 0.378. The molecule has 6 nitrogen and oxygen atoms in total. The second-order valence-electron chi connectivity index (χ2n) is 9.98. The number of fused-ring (bicyclic) bond motifs is 1. The number of alkyl halides is 3. The standard InChI is InChI=1S/C37H40F4N4O2S/c1-4-43(5-2)18-19-44(22-26-6-10-28(11-7-26)29-12-14-30(15-13-29)37(39,40)41)34(46)23-45-33-21-25(3)20-32(33)35(47)42-36(45)48-24-27-8-16-31(38)17-9-27/h6-17,25H,4-5,18-24H2,1-3H3/i4D2,5D2,6D,7D,8D,9D,10D,11D,12D,13D,14D,15D,16D,17D,20D2,21D2,25D. The summed E-state index contributed by atoms with van der Waals surface area (Å²) in [6.45, 7) is -5.87. The lowest BCUT2D eigenvalue weighted by Crippen LogP contribution is -2.40. The van der Waals surface area contributed by atoms with Gasteiger partial charge in [0.2, 0.25) is 5.91 Å². The largest absolute Gasteiger partial charge is 0.416 e. The van der Waals surface area contributed by atoms with Gasteiger partial charge < -0.3 is 14.4 Å². The quantitative estimate of drug-likeness (QED) is 0.0823. The van der Waals surface area contributed by atoms with Gasteiger partial charge in [0.05, 0.1) is 22.0 Å². The van der Waals surface area contributed by atoms with Crippen molar-refractivity contribution in [3.63, 3.8) is 0 Å². The van der Waals surface area contributed by atoms with Gasteiger partial charge in [0.25, 0.3) is 5.56 Å². The van der Waals surface area contributed by atoms with E-state index in [1.54, 1.807) is 0 Å². The summed E-state index contributed by atoms with van der Waals surface area (Å²) in [4.78, 5) is 33.7. The number of amides is 1. The molecule has 0 radical (unpaired) electrons. The summed E-state index contributed by atoms with van der Waals surface area (Å²) < 4.78 is 234. The molecule has 0 saturated carbocycles. The summed E-state index contributed by atoms with van der Waals surface area (Å²) in [6, 6.07) is -14.1. The smallest absolute Gasteiger partial charge is 0.336 e. The number of nitrogens with zero attached hydrogens (tertiary/aromatic N) is 4. The van der Waals surface area contributed by atoms with Gasteiger partial charge >= 0.3 is 6.18 Å². The number of thioether (sulfide) groups is 1. The summed E-state index contributed by atoms with van der Waals surface area (Å²) in [7, 11) is 0. The Morgan fingerprint density at radius 1 is 1.00 bits per heavy atom. The Bertz CT molecular complexity index is 2750. The van der Waals surface area contributed by atoms with Gasteiger partial charge in [0.15, 0.2) is 5.16 Å². The number of halogens is 4. The zero-order valence-electron chi connectivity index (χ0n) is 46.6. The van der Waals surface area contributed by atoms with E-state index < -0.39 is 204 Å². The average Bonchev–Trinajstić information content (AvgIpc) is 3.32. The van der Waals surface area contributed by atoms with Crippen LogP contribution in [0, 0.1) is 11.7 Å². The molecule has 0 aliphatic heterocycles. The molecule has 0 fully saturated rings. The fourth-order valence-corrected chi connectivity index (χ4v) is 5.24. The highest BCUT2D eigenvalue weighted by Gasteiger charge is 2.30. The summed E-state index contributed by atoms with van der Waals surface area (Å²) in [5.41, 5.74) is -8.41. The average molecular weight is 702 g/mol. The number of aromatic nitrogens is 2. The molecular formula is C37H40F4N4O2S. The van der Waals surface area contributed by atoms with E-state index in [1.807, 2.05) is 0 Å². The first-order chi connectivity index (χ1) is 31.2. The van der Waals surface area contributed by atoms with Gasteiger partial charge in [-0.15, -0.1) is 0 Å². The van der Waals surface area contributed by atoms with Crippen LogP contribution >= 0.6 is 11.8 Å². The van der Waals surface area contributed by atoms with Crippen LogP contribution in [-0.2, 0) is 42.6 Å². The predicted octanol–water partition coefficient (Wildman–Crippen LogP) is 7.47. The number of hydrogen-bond acceptors (Lipinski definition) is 5. The van der Waals surface area contributed by atoms with Crippen molar-refractivity contribution in [3.05, 3.63) is 117 Å². The van der Waals surface area contributed by atoms with Crippen LogP contribution in [0.25, 0.3) is 11.1 Å². The van der Waals surface area contributed by atoms with Crippen LogP contribution in [0.3, 0.4) is 0 Å². The monoisotopic (exact) mass is 701 g/mol.